The van der Waals surface area contributed by atoms with Crippen molar-refractivity contribution < 1.29 is 0 Å². The van der Waals surface area contributed by atoms with Crippen molar-refractivity contribution in [1.82, 2.24) is 10.2 Å². The Bertz CT molecular complexity index is 341. The molecule has 0 bridgehead atoms. The molecule has 0 saturated carbocycles. The highest BCUT2D eigenvalue weighted by Gasteiger charge is 2.09. The van der Waals surface area contributed by atoms with E-state index in [4.69, 9.17) is 11.6 Å². The number of nitrogens with zero attached hydrogens (tertiary/aromatic N) is 1. The lowest BCUT2D eigenvalue weighted by Gasteiger charge is -2.25. The van der Waals surface area contributed by atoms with Crippen molar-refractivity contribution in [2.45, 2.75) is 39.3 Å². The molecule has 1 aromatic carbocycles. The summed E-state index contributed by atoms with van der Waals surface area (Å²) in [6.07, 6.45) is 2.46. The van der Waals surface area contributed by atoms with Crippen LogP contribution in [0.15, 0.2) is 24.3 Å². The Morgan fingerprint density at radius 2 is 2.17 bits per heavy atom. The highest BCUT2D eigenvalue weighted by molar-refractivity contribution is 6.30. The van der Waals surface area contributed by atoms with Gasteiger partial charge in [-0.15, -0.1) is 0 Å². The fraction of sp³-hybridized carbons (Fsp3) is 0.600. The van der Waals surface area contributed by atoms with Crippen molar-refractivity contribution >= 4 is 11.6 Å². The van der Waals surface area contributed by atoms with E-state index in [0.29, 0.717) is 6.04 Å². The molecule has 1 N–H and O–H groups in total. The zero-order chi connectivity index (χ0) is 13.4. The number of hydrogen-bond acceptors (Lipinski definition) is 2. The summed E-state index contributed by atoms with van der Waals surface area (Å²) in [6.45, 7) is 7.58. The third kappa shape index (κ3) is 5.85. The smallest absolute Gasteiger partial charge is 0.0409 e. The van der Waals surface area contributed by atoms with Crippen LogP contribution in [0.1, 0.15) is 32.3 Å². The van der Waals surface area contributed by atoms with Crippen molar-refractivity contribution in [3.8, 4) is 0 Å². The standard InChI is InChI=1S/C15H25ClN2/c1-4-17-10-6-7-13(2)18(3)12-14-8-5-9-15(16)11-14/h5,8-9,11,13,17H,4,6-7,10,12H2,1-3H3. The monoisotopic (exact) mass is 268 g/mol. The highest BCUT2D eigenvalue weighted by Crippen LogP contribution is 2.14. The SMILES string of the molecule is CCNCCCC(C)N(C)Cc1cccc(Cl)c1. The maximum absolute atomic E-state index is 6.00. The van der Waals surface area contributed by atoms with Gasteiger partial charge in [0, 0.05) is 17.6 Å². The molecule has 102 valence electrons. The molecule has 0 aromatic heterocycles. The fourth-order valence-electron chi connectivity index (χ4n) is 2.00. The summed E-state index contributed by atoms with van der Waals surface area (Å²) in [7, 11) is 2.18. The molecular weight excluding hydrogens is 244 g/mol. The van der Waals surface area contributed by atoms with Crippen molar-refractivity contribution in [2.75, 3.05) is 20.1 Å². The van der Waals surface area contributed by atoms with Crippen molar-refractivity contribution in [3.05, 3.63) is 34.9 Å². The molecule has 0 fully saturated rings. The van der Waals surface area contributed by atoms with Crippen LogP contribution in [0.4, 0.5) is 0 Å². The van der Waals surface area contributed by atoms with Gasteiger partial charge in [-0.3, -0.25) is 4.90 Å². The third-order valence-electron chi connectivity index (χ3n) is 3.30. The number of hydrogen-bond donors (Lipinski definition) is 1. The van der Waals surface area contributed by atoms with E-state index in [1.807, 2.05) is 18.2 Å². The molecule has 0 spiro atoms. The van der Waals surface area contributed by atoms with E-state index in [9.17, 15) is 0 Å². The first-order valence-corrected chi connectivity index (χ1v) is 7.16. The second kappa shape index (κ2) is 8.52. The van der Waals surface area contributed by atoms with Crippen LogP contribution in [0, 0.1) is 0 Å². The quantitative estimate of drug-likeness (QED) is 0.726. The number of halogens is 1. The van der Waals surface area contributed by atoms with Gasteiger partial charge in [0.15, 0.2) is 0 Å². The number of nitrogens with one attached hydrogen (secondary N) is 1. The minimum Gasteiger partial charge on any atom is -0.317 e. The zero-order valence-electron chi connectivity index (χ0n) is 11.7. The maximum atomic E-state index is 6.00. The van der Waals surface area contributed by atoms with Crippen molar-refractivity contribution in [2.24, 2.45) is 0 Å². The molecule has 1 rings (SSSR count). The Balaban J connectivity index is 2.33. The van der Waals surface area contributed by atoms with E-state index in [0.717, 1.165) is 24.7 Å². The van der Waals surface area contributed by atoms with Crippen LogP contribution in [0.25, 0.3) is 0 Å². The number of benzene rings is 1. The molecule has 0 aliphatic rings. The molecule has 3 heteroatoms. The predicted molar refractivity (Wildman–Crippen MR) is 80.2 cm³/mol. The molecule has 1 aromatic rings. The molecule has 2 nitrogen and oxygen atoms in total. The Kier molecular flexibility index (Phi) is 7.33. The molecular formula is C15H25ClN2. The van der Waals surface area contributed by atoms with Gasteiger partial charge in [0.25, 0.3) is 0 Å². The highest BCUT2D eigenvalue weighted by atomic mass is 35.5. The second-order valence-corrected chi connectivity index (χ2v) is 5.33. The van der Waals surface area contributed by atoms with Crippen LogP contribution >= 0.6 is 11.6 Å². The van der Waals surface area contributed by atoms with Crippen molar-refractivity contribution in [1.29, 1.82) is 0 Å². The molecule has 18 heavy (non-hydrogen) atoms. The Morgan fingerprint density at radius 3 is 2.83 bits per heavy atom. The van der Waals surface area contributed by atoms with Crippen LogP contribution in [0.5, 0.6) is 0 Å². The summed E-state index contributed by atoms with van der Waals surface area (Å²) < 4.78 is 0. The van der Waals surface area contributed by atoms with E-state index in [1.165, 1.54) is 18.4 Å². The van der Waals surface area contributed by atoms with Gasteiger partial charge in [-0.2, -0.15) is 0 Å². The van der Waals surface area contributed by atoms with E-state index in [-0.39, 0.29) is 0 Å². The topological polar surface area (TPSA) is 15.3 Å². The maximum Gasteiger partial charge on any atom is 0.0409 e. The lowest BCUT2D eigenvalue weighted by Crippen LogP contribution is -2.29. The minimum absolute atomic E-state index is 0.600. The summed E-state index contributed by atoms with van der Waals surface area (Å²) >= 11 is 6.00. The Labute approximate surface area is 116 Å². The summed E-state index contributed by atoms with van der Waals surface area (Å²) in [5, 5.41) is 4.18. The number of rotatable bonds is 8. The van der Waals surface area contributed by atoms with Crippen LogP contribution in [-0.4, -0.2) is 31.1 Å². The predicted octanol–water partition coefficient (Wildman–Crippen LogP) is 3.55. The first-order chi connectivity index (χ1) is 8.63. The summed E-state index contributed by atoms with van der Waals surface area (Å²) in [5.74, 6) is 0. The lowest BCUT2D eigenvalue weighted by atomic mass is 10.1. The van der Waals surface area contributed by atoms with Gasteiger partial charge in [-0.05, 0) is 57.6 Å². The van der Waals surface area contributed by atoms with Crippen LogP contribution in [0.3, 0.4) is 0 Å². The van der Waals surface area contributed by atoms with E-state index in [1.54, 1.807) is 0 Å². The van der Waals surface area contributed by atoms with Gasteiger partial charge in [-0.25, -0.2) is 0 Å². The molecule has 0 radical (unpaired) electrons. The van der Waals surface area contributed by atoms with Gasteiger partial charge >= 0.3 is 0 Å². The fourth-order valence-corrected chi connectivity index (χ4v) is 2.21. The normalized spacial score (nSPS) is 12.9. The first kappa shape index (κ1) is 15.5. The van der Waals surface area contributed by atoms with E-state index >= 15 is 0 Å². The summed E-state index contributed by atoms with van der Waals surface area (Å²) in [6, 6.07) is 8.71. The van der Waals surface area contributed by atoms with Gasteiger partial charge < -0.3 is 5.32 Å². The minimum atomic E-state index is 0.600. The third-order valence-corrected chi connectivity index (χ3v) is 3.53. The second-order valence-electron chi connectivity index (χ2n) is 4.89. The van der Waals surface area contributed by atoms with Crippen LogP contribution in [-0.2, 0) is 6.54 Å². The van der Waals surface area contributed by atoms with Crippen LogP contribution in [0.2, 0.25) is 5.02 Å². The van der Waals surface area contributed by atoms with Gasteiger partial charge in [0.1, 0.15) is 0 Å². The lowest BCUT2D eigenvalue weighted by molar-refractivity contribution is 0.234. The zero-order valence-corrected chi connectivity index (χ0v) is 12.5. The molecule has 1 unspecified atom stereocenters. The Hall–Kier alpha value is -0.570. The van der Waals surface area contributed by atoms with Gasteiger partial charge in [0.05, 0.1) is 0 Å². The molecule has 0 amide bonds. The van der Waals surface area contributed by atoms with Gasteiger partial charge in [0.2, 0.25) is 0 Å². The molecule has 0 aliphatic carbocycles. The van der Waals surface area contributed by atoms with Gasteiger partial charge in [-0.1, -0.05) is 30.7 Å². The molecule has 0 heterocycles. The molecule has 1 atom stereocenters. The van der Waals surface area contributed by atoms with E-state index < -0.39 is 0 Å². The first-order valence-electron chi connectivity index (χ1n) is 6.79. The Morgan fingerprint density at radius 1 is 1.39 bits per heavy atom. The summed E-state index contributed by atoms with van der Waals surface area (Å²) in [4.78, 5) is 2.39. The van der Waals surface area contributed by atoms with Crippen molar-refractivity contribution in [3.63, 3.8) is 0 Å². The molecule has 0 aliphatic heterocycles. The molecule has 0 saturated heterocycles. The van der Waals surface area contributed by atoms with Crippen LogP contribution < -0.4 is 5.32 Å². The summed E-state index contributed by atoms with van der Waals surface area (Å²) in [5.41, 5.74) is 1.28. The van der Waals surface area contributed by atoms with E-state index in [2.05, 4.69) is 37.2 Å². The largest absolute Gasteiger partial charge is 0.317 e. The average Bonchev–Trinajstić information content (AvgIpc) is 2.34. The average molecular weight is 269 g/mol.